The summed E-state index contributed by atoms with van der Waals surface area (Å²) in [4.78, 5) is 8.49. The third-order valence-electron chi connectivity index (χ3n) is 3.22. The van der Waals surface area contributed by atoms with E-state index in [0.717, 1.165) is 24.1 Å². The molecule has 88 valence electrons. The molecule has 1 aromatic heterocycles. The van der Waals surface area contributed by atoms with Crippen LogP contribution in [0.25, 0.3) is 0 Å². The van der Waals surface area contributed by atoms with E-state index >= 15 is 0 Å². The summed E-state index contributed by atoms with van der Waals surface area (Å²) in [6.07, 6.45) is 10.4. The maximum Gasteiger partial charge on any atom is 0.146 e. The van der Waals surface area contributed by atoms with Gasteiger partial charge in [-0.15, -0.1) is 0 Å². The van der Waals surface area contributed by atoms with Crippen LogP contribution < -0.4 is 10.6 Å². The van der Waals surface area contributed by atoms with Crippen molar-refractivity contribution in [1.82, 2.24) is 9.97 Å². The van der Waals surface area contributed by atoms with Gasteiger partial charge in [0.25, 0.3) is 0 Å². The highest BCUT2D eigenvalue weighted by Crippen LogP contribution is 2.27. The Labute approximate surface area is 96.9 Å². The molecule has 0 saturated heterocycles. The Hall–Kier alpha value is -1.32. The summed E-state index contributed by atoms with van der Waals surface area (Å²) in [6, 6.07) is 0. The molecule has 0 bridgehead atoms. The molecule has 1 aliphatic carbocycles. The quantitative estimate of drug-likeness (QED) is 0.800. The van der Waals surface area contributed by atoms with Crippen molar-refractivity contribution in [1.29, 1.82) is 0 Å². The molecule has 0 amide bonds. The molecule has 2 rings (SSSR count). The molecule has 1 saturated carbocycles. The van der Waals surface area contributed by atoms with Gasteiger partial charge in [0, 0.05) is 13.6 Å². The van der Waals surface area contributed by atoms with E-state index in [1.807, 2.05) is 7.05 Å². The first-order chi connectivity index (χ1) is 7.88. The highest BCUT2D eigenvalue weighted by molar-refractivity contribution is 5.40. The van der Waals surface area contributed by atoms with Crippen LogP contribution in [0.1, 0.15) is 32.1 Å². The third kappa shape index (κ3) is 3.08. The van der Waals surface area contributed by atoms with Crippen molar-refractivity contribution in [2.75, 3.05) is 24.2 Å². The number of aromatic nitrogens is 2. The fourth-order valence-electron chi connectivity index (χ4n) is 2.27. The molecule has 1 aliphatic rings. The molecule has 1 fully saturated rings. The molecule has 0 unspecified atom stereocenters. The van der Waals surface area contributed by atoms with Crippen LogP contribution in [0.15, 0.2) is 12.4 Å². The van der Waals surface area contributed by atoms with Gasteiger partial charge >= 0.3 is 0 Å². The van der Waals surface area contributed by atoms with Gasteiger partial charge in [0.15, 0.2) is 0 Å². The molecule has 1 aromatic rings. The van der Waals surface area contributed by atoms with Crippen LogP contribution in [0.4, 0.5) is 11.6 Å². The van der Waals surface area contributed by atoms with E-state index in [1.165, 1.54) is 32.1 Å². The summed E-state index contributed by atoms with van der Waals surface area (Å²) in [6.45, 7) is 1.01. The number of rotatable bonds is 5. The van der Waals surface area contributed by atoms with Crippen LogP contribution in [-0.4, -0.2) is 23.6 Å². The number of nitrogens with one attached hydrogen (secondary N) is 2. The molecule has 2 N–H and O–H groups in total. The standard InChI is InChI=1S/C12H20N4/c1-13-11-8-14-9-12(16-11)15-7-6-10-4-2-3-5-10/h8-10H,2-7H2,1H3,(H2,13,15,16). The lowest BCUT2D eigenvalue weighted by molar-refractivity contribution is 0.518. The van der Waals surface area contributed by atoms with Gasteiger partial charge in [-0.2, -0.15) is 0 Å². The van der Waals surface area contributed by atoms with Gasteiger partial charge in [0.1, 0.15) is 11.6 Å². The minimum atomic E-state index is 0.811. The van der Waals surface area contributed by atoms with Gasteiger partial charge in [-0.25, -0.2) is 4.98 Å². The second-order valence-electron chi connectivity index (χ2n) is 4.41. The molecule has 0 radical (unpaired) electrons. The maximum absolute atomic E-state index is 4.37. The van der Waals surface area contributed by atoms with E-state index in [1.54, 1.807) is 12.4 Å². The number of hydrogen-bond acceptors (Lipinski definition) is 4. The van der Waals surface area contributed by atoms with E-state index in [2.05, 4.69) is 20.6 Å². The summed E-state index contributed by atoms with van der Waals surface area (Å²) in [7, 11) is 1.85. The van der Waals surface area contributed by atoms with Crippen molar-refractivity contribution in [3.63, 3.8) is 0 Å². The van der Waals surface area contributed by atoms with Crippen molar-refractivity contribution in [3.8, 4) is 0 Å². The molecular weight excluding hydrogens is 200 g/mol. The van der Waals surface area contributed by atoms with Gasteiger partial charge in [-0.05, 0) is 12.3 Å². The predicted molar refractivity (Wildman–Crippen MR) is 66.6 cm³/mol. The lowest BCUT2D eigenvalue weighted by Crippen LogP contribution is -2.08. The topological polar surface area (TPSA) is 49.8 Å². The van der Waals surface area contributed by atoms with Crippen molar-refractivity contribution in [2.24, 2.45) is 5.92 Å². The van der Waals surface area contributed by atoms with E-state index < -0.39 is 0 Å². The zero-order valence-corrected chi connectivity index (χ0v) is 9.87. The number of anilines is 2. The van der Waals surface area contributed by atoms with E-state index in [9.17, 15) is 0 Å². The van der Waals surface area contributed by atoms with E-state index in [-0.39, 0.29) is 0 Å². The van der Waals surface area contributed by atoms with Gasteiger partial charge in [0.05, 0.1) is 12.4 Å². The average molecular weight is 220 g/mol. The lowest BCUT2D eigenvalue weighted by Gasteiger charge is -2.10. The minimum absolute atomic E-state index is 0.811. The van der Waals surface area contributed by atoms with Crippen LogP contribution in [0.2, 0.25) is 0 Å². The smallest absolute Gasteiger partial charge is 0.146 e. The Morgan fingerprint density at radius 3 is 2.75 bits per heavy atom. The summed E-state index contributed by atoms with van der Waals surface area (Å²) in [5.74, 6) is 2.60. The summed E-state index contributed by atoms with van der Waals surface area (Å²) < 4.78 is 0. The molecule has 0 spiro atoms. The van der Waals surface area contributed by atoms with Gasteiger partial charge in [-0.1, -0.05) is 25.7 Å². The van der Waals surface area contributed by atoms with E-state index in [4.69, 9.17) is 0 Å². The number of nitrogens with zero attached hydrogens (tertiary/aromatic N) is 2. The second kappa shape index (κ2) is 5.68. The number of hydrogen-bond donors (Lipinski definition) is 2. The van der Waals surface area contributed by atoms with Crippen molar-refractivity contribution >= 4 is 11.6 Å². The average Bonchev–Trinajstić information content (AvgIpc) is 2.82. The molecule has 16 heavy (non-hydrogen) atoms. The first-order valence-corrected chi connectivity index (χ1v) is 6.12. The largest absolute Gasteiger partial charge is 0.372 e. The molecule has 0 aliphatic heterocycles. The molecule has 1 heterocycles. The molecule has 0 aromatic carbocycles. The molecule has 4 nitrogen and oxygen atoms in total. The summed E-state index contributed by atoms with van der Waals surface area (Å²) in [5, 5.41) is 6.32. The van der Waals surface area contributed by atoms with Gasteiger partial charge < -0.3 is 10.6 Å². The van der Waals surface area contributed by atoms with Crippen LogP contribution in [0, 0.1) is 5.92 Å². The Kier molecular flexibility index (Phi) is 3.97. The molecule has 0 atom stereocenters. The van der Waals surface area contributed by atoms with Crippen LogP contribution in [0.5, 0.6) is 0 Å². The third-order valence-corrected chi connectivity index (χ3v) is 3.22. The first kappa shape index (κ1) is 11.2. The van der Waals surface area contributed by atoms with Crippen LogP contribution in [0.3, 0.4) is 0 Å². The van der Waals surface area contributed by atoms with Crippen molar-refractivity contribution in [2.45, 2.75) is 32.1 Å². The van der Waals surface area contributed by atoms with E-state index in [0.29, 0.717) is 0 Å². The SMILES string of the molecule is CNc1cncc(NCCC2CCCC2)n1. The fraction of sp³-hybridized carbons (Fsp3) is 0.667. The first-order valence-electron chi connectivity index (χ1n) is 6.12. The zero-order chi connectivity index (χ0) is 11.2. The monoisotopic (exact) mass is 220 g/mol. The Balaban J connectivity index is 1.75. The zero-order valence-electron chi connectivity index (χ0n) is 9.87. The van der Waals surface area contributed by atoms with Crippen LogP contribution >= 0.6 is 0 Å². The normalized spacial score (nSPS) is 16.3. The fourth-order valence-corrected chi connectivity index (χ4v) is 2.27. The Bertz CT molecular complexity index is 321. The molecule has 4 heteroatoms. The highest BCUT2D eigenvalue weighted by atomic mass is 15.1. The van der Waals surface area contributed by atoms with Crippen molar-refractivity contribution in [3.05, 3.63) is 12.4 Å². The highest BCUT2D eigenvalue weighted by Gasteiger charge is 2.14. The second-order valence-corrected chi connectivity index (χ2v) is 4.41. The van der Waals surface area contributed by atoms with Crippen molar-refractivity contribution < 1.29 is 0 Å². The van der Waals surface area contributed by atoms with Gasteiger partial charge in [-0.3, -0.25) is 4.98 Å². The predicted octanol–water partition coefficient (Wildman–Crippen LogP) is 2.51. The van der Waals surface area contributed by atoms with Gasteiger partial charge in [0.2, 0.25) is 0 Å². The summed E-state index contributed by atoms with van der Waals surface area (Å²) >= 11 is 0. The Morgan fingerprint density at radius 1 is 1.25 bits per heavy atom. The lowest BCUT2D eigenvalue weighted by atomic mass is 10.0. The van der Waals surface area contributed by atoms with Crippen LogP contribution in [-0.2, 0) is 0 Å². The summed E-state index contributed by atoms with van der Waals surface area (Å²) in [5.41, 5.74) is 0. The minimum Gasteiger partial charge on any atom is -0.372 e. The maximum atomic E-state index is 4.37. The Morgan fingerprint density at radius 2 is 2.00 bits per heavy atom. The molecular formula is C12H20N4.